The molecule has 0 bridgehead atoms. The minimum atomic E-state index is 0.298. The van der Waals surface area contributed by atoms with Gasteiger partial charge >= 0.3 is 0 Å². The molecule has 1 aromatic heterocycles. The molecule has 0 saturated heterocycles. The van der Waals surface area contributed by atoms with Gasteiger partial charge in [-0.05, 0) is 43.4 Å². The second-order valence-electron chi connectivity index (χ2n) is 4.92. The molecule has 17 heavy (non-hydrogen) atoms. The average molecular weight is 230 g/mol. The molecule has 1 atom stereocenters. The lowest BCUT2D eigenvalue weighted by Crippen LogP contribution is -2.27. The van der Waals surface area contributed by atoms with Gasteiger partial charge in [-0.2, -0.15) is 0 Å². The molecule has 3 N–H and O–H groups in total. The van der Waals surface area contributed by atoms with Crippen molar-refractivity contribution in [2.75, 3.05) is 7.11 Å². The van der Waals surface area contributed by atoms with Gasteiger partial charge in [0.15, 0.2) is 0 Å². The molecule has 0 fully saturated rings. The predicted octanol–water partition coefficient (Wildman–Crippen LogP) is 2.30. The summed E-state index contributed by atoms with van der Waals surface area (Å²) in [6, 6.07) is 4.45. The molecule has 90 valence electrons. The van der Waals surface area contributed by atoms with E-state index < -0.39 is 0 Å². The molecule has 0 aliphatic heterocycles. The first-order valence-corrected chi connectivity index (χ1v) is 6.13. The first-order valence-electron chi connectivity index (χ1n) is 6.13. The van der Waals surface area contributed by atoms with Crippen molar-refractivity contribution in [1.82, 2.24) is 4.98 Å². The van der Waals surface area contributed by atoms with Crippen LogP contribution in [0.15, 0.2) is 12.1 Å². The molecule has 0 spiro atoms. The van der Waals surface area contributed by atoms with E-state index in [0.29, 0.717) is 6.04 Å². The quantitative estimate of drug-likeness (QED) is 0.789. The van der Waals surface area contributed by atoms with Crippen molar-refractivity contribution < 1.29 is 4.74 Å². The summed E-state index contributed by atoms with van der Waals surface area (Å²) in [7, 11) is 1.72. The number of ether oxygens (including phenoxy) is 1. The van der Waals surface area contributed by atoms with Gasteiger partial charge in [0.25, 0.3) is 0 Å². The molecule has 1 unspecified atom stereocenters. The van der Waals surface area contributed by atoms with Crippen LogP contribution in [0.1, 0.15) is 23.2 Å². The van der Waals surface area contributed by atoms with Crippen LogP contribution < -0.4 is 10.5 Å². The minimum Gasteiger partial charge on any atom is -0.495 e. The maximum absolute atomic E-state index is 6.08. The summed E-state index contributed by atoms with van der Waals surface area (Å²) < 4.78 is 5.42. The van der Waals surface area contributed by atoms with E-state index >= 15 is 0 Å². The highest BCUT2D eigenvalue weighted by molar-refractivity contribution is 5.92. The number of H-pyrrole nitrogens is 1. The van der Waals surface area contributed by atoms with Crippen molar-refractivity contribution >= 4 is 10.9 Å². The van der Waals surface area contributed by atoms with Crippen LogP contribution in [0.5, 0.6) is 5.75 Å². The Hall–Kier alpha value is -1.48. The number of methoxy groups -OCH3 is 1. The van der Waals surface area contributed by atoms with E-state index in [1.54, 1.807) is 7.11 Å². The molecular weight excluding hydrogens is 212 g/mol. The van der Waals surface area contributed by atoms with Gasteiger partial charge in [0.1, 0.15) is 5.75 Å². The second kappa shape index (κ2) is 3.77. The van der Waals surface area contributed by atoms with Crippen molar-refractivity contribution in [3.05, 3.63) is 29.0 Å². The standard InChI is InChI=1S/C14H18N2O/c1-8-3-6-12(17-2)14-13(8)10-7-9(15)4-5-11(10)16-14/h3,6,9,16H,4-5,7,15H2,1-2H3. The summed E-state index contributed by atoms with van der Waals surface area (Å²) >= 11 is 0. The van der Waals surface area contributed by atoms with E-state index in [2.05, 4.69) is 18.0 Å². The van der Waals surface area contributed by atoms with Gasteiger partial charge in [-0.25, -0.2) is 0 Å². The summed E-state index contributed by atoms with van der Waals surface area (Å²) in [6.07, 6.45) is 3.10. The number of fused-ring (bicyclic) bond motifs is 3. The van der Waals surface area contributed by atoms with Crippen molar-refractivity contribution in [3.63, 3.8) is 0 Å². The molecule has 3 rings (SSSR count). The molecule has 1 aliphatic rings. The Kier molecular flexibility index (Phi) is 2.37. The van der Waals surface area contributed by atoms with Gasteiger partial charge in [0.2, 0.25) is 0 Å². The van der Waals surface area contributed by atoms with Gasteiger partial charge in [-0.1, -0.05) is 6.07 Å². The van der Waals surface area contributed by atoms with Crippen LogP contribution >= 0.6 is 0 Å². The first-order chi connectivity index (χ1) is 8.20. The number of benzene rings is 1. The Bertz CT molecular complexity index is 571. The fourth-order valence-electron chi connectivity index (χ4n) is 2.88. The first kappa shape index (κ1) is 10.7. The third-order valence-electron chi connectivity index (χ3n) is 3.77. The highest BCUT2D eigenvalue weighted by Crippen LogP contribution is 2.35. The molecule has 2 aromatic rings. The number of aromatic amines is 1. The fraction of sp³-hybridized carbons (Fsp3) is 0.429. The van der Waals surface area contributed by atoms with E-state index in [0.717, 1.165) is 30.5 Å². The second-order valence-corrected chi connectivity index (χ2v) is 4.92. The van der Waals surface area contributed by atoms with E-state index in [1.807, 2.05) is 6.07 Å². The van der Waals surface area contributed by atoms with Gasteiger partial charge < -0.3 is 15.5 Å². The van der Waals surface area contributed by atoms with Crippen LogP contribution in [0.4, 0.5) is 0 Å². The zero-order valence-electron chi connectivity index (χ0n) is 10.3. The summed E-state index contributed by atoms with van der Waals surface area (Å²) in [4.78, 5) is 3.52. The number of rotatable bonds is 1. The average Bonchev–Trinajstić information content (AvgIpc) is 2.69. The number of hydrogen-bond donors (Lipinski definition) is 2. The number of aryl methyl sites for hydroxylation is 2. The van der Waals surface area contributed by atoms with Crippen LogP contribution in [0.2, 0.25) is 0 Å². The van der Waals surface area contributed by atoms with Crippen molar-refractivity contribution in [2.24, 2.45) is 5.73 Å². The lowest BCUT2D eigenvalue weighted by atomic mass is 9.91. The Balaban J connectivity index is 2.31. The SMILES string of the molecule is COc1ccc(C)c2c3c([nH]c12)CCC(N)C3. The monoisotopic (exact) mass is 230 g/mol. The van der Waals surface area contributed by atoms with Crippen molar-refractivity contribution in [2.45, 2.75) is 32.2 Å². The van der Waals surface area contributed by atoms with E-state index in [4.69, 9.17) is 10.5 Å². The van der Waals surface area contributed by atoms with Crippen LogP contribution in [0, 0.1) is 6.92 Å². The van der Waals surface area contributed by atoms with E-state index in [1.165, 1.54) is 22.2 Å². The molecule has 1 heterocycles. The van der Waals surface area contributed by atoms with Crippen LogP contribution in [-0.2, 0) is 12.8 Å². The number of nitrogens with one attached hydrogen (secondary N) is 1. The topological polar surface area (TPSA) is 51.0 Å². The molecular formula is C14H18N2O. The summed E-state index contributed by atoms with van der Waals surface area (Å²) in [5.41, 5.74) is 11.2. The normalized spacial score (nSPS) is 19.4. The molecule has 3 nitrogen and oxygen atoms in total. The smallest absolute Gasteiger partial charge is 0.142 e. The summed E-state index contributed by atoms with van der Waals surface area (Å²) in [5, 5.41) is 1.31. The molecule has 3 heteroatoms. The third kappa shape index (κ3) is 1.53. The largest absolute Gasteiger partial charge is 0.495 e. The summed E-state index contributed by atoms with van der Waals surface area (Å²) in [5.74, 6) is 0.925. The summed E-state index contributed by atoms with van der Waals surface area (Å²) in [6.45, 7) is 2.15. The number of aromatic nitrogens is 1. The fourth-order valence-corrected chi connectivity index (χ4v) is 2.88. The Labute approximate surface area is 101 Å². The Morgan fingerprint density at radius 2 is 2.24 bits per heavy atom. The maximum atomic E-state index is 6.08. The van der Waals surface area contributed by atoms with Gasteiger partial charge in [0, 0.05) is 17.1 Å². The van der Waals surface area contributed by atoms with Crippen LogP contribution in [-0.4, -0.2) is 18.1 Å². The lowest BCUT2D eigenvalue weighted by molar-refractivity contribution is 0.419. The molecule has 0 saturated carbocycles. The third-order valence-corrected chi connectivity index (χ3v) is 3.77. The van der Waals surface area contributed by atoms with Crippen molar-refractivity contribution in [3.8, 4) is 5.75 Å². The van der Waals surface area contributed by atoms with E-state index in [-0.39, 0.29) is 0 Å². The van der Waals surface area contributed by atoms with Crippen LogP contribution in [0.25, 0.3) is 10.9 Å². The number of nitrogens with two attached hydrogens (primary N) is 1. The maximum Gasteiger partial charge on any atom is 0.142 e. The minimum absolute atomic E-state index is 0.298. The molecule has 0 amide bonds. The lowest BCUT2D eigenvalue weighted by Gasteiger charge is -2.18. The predicted molar refractivity (Wildman–Crippen MR) is 69.6 cm³/mol. The van der Waals surface area contributed by atoms with Gasteiger partial charge in [-0.3, -0.25) is 0 Å². The molecule has 0 radical (unpaired) electrons. The molecule has 1 aliphatic carbocycles. The van der Waals surface area contributed by atoms with Crippen LogP contribution in [0.3, 0.4) is 0 Å². The zero-order chi connectivity index (χ0) is 12.0. The highest BCUT2D eigenvalue weighted by Gasteiger charge is 2.22. The highest BCUT2D eigenvalue weighted by atomic mass is 16.5. The van der Waals surface area contributed by atoms with Crippen molar-refractivity contribution in [1.29, 1.82) is 0 Å². The van der Waals surface area contributed by atoms with E-state index in [9.17, 15) is 0 Å². The van der Waals surface area contributed by atoms with Gasteiger partial charge in [0.05, 0.1) is 12.6 Å². The zero-order valence-corrected chi connectivity index (χ0v) is 10.3. The molecule has 1 aromatic carbocycles. The van der Waals surface area contributed by atoms with Gasteiger partial charge in [-0.15, -0.1) is 0 Å². The Morgan fingerprint density at radius 1 is 1.41 bits per heavy atom. The Morgan fingerprint density at radius 3 is 3.00 bits per heavy atom. The number of hydrogen-bond acceptors (Lipinski definition) is 2.